The zero-order valence-corrected chi connectivity index (χ0v) is 11.1. The third kappa shape index (κ3) is 6.25. The summed E-state index contributed by atoms with van der Waals surface area (Å²) in [6.07, 6.45) is 0.0172. The second kappa shape index (κ2) is 6.40. The SMILES string of the molecule is CC(CC(C)(C)O)NC(=O)OCc1ccccc1. The average molecular weight is 251 g/mol. The van der Waals surface area contributed by atoms with Gasteiger partial charge in [-0.2, -0.15) is 0 Å². The number of carbonyl (C=O) groups is 1. The lowest BCUT2D eigenvalue weighted by Gasteiger charge is -2.22. The van der Waals surface area contributed by atoms with Crippen LogP contribution < -0.4 is 5.32 Å². The summed E-state index contributed by atoms with van der Waals surface area (Å²) < 4.78 is 5.08. The molecule has 0 heterocycles. The number of hydrogen-bond donors (Lipinski definition) is 2. The molecule has 1 rings (SSSR count). The number of nitrogens with one attached hydrogen (secondary N) is 1. The monoisotopic (exact) mass is 251 g/mol. The minimum atomic E-state index is -0.799. The molecule has 0 aliphatic heterocycles. The maximum Gasteiger partial charge on any atom is 0.407 e. The fraction of sp³-hybridized carbons (Fsp3) is 0.500. The van der Waals surface area contributed by atoms with Crippen molar-refractivity contribution in [2.24, 2.45) is 0 Å². The molecule has 100 valence electrons. The number of rotatable bonds is 5. The molecule has 4 heteroatoms. The molecule has 0 aromatic heterocycles. The zero-order valence-electron chi connectivity index (χ0n) is 11.1. The largest absolute Gasteiger partial charge is 0.445 e. The lowest BCUT2D eigenvalue weighted by atomic mass is 10.0. The van der Waals surface area contributed by atoms with Crippen LogP contribution in [0.15, 0.2) is 30.3 Å². The summed E-state index contributed by atoms with van der Waals surface area (Å²) in [5.41, 5.74) is 0.148. The predicted molar refractivity (Wildman–Crippen MR) is 70.1 cm³/mol. The molecule has 0 bridgehead atoms. The molecule has 0 aliphatic carbocycles. The van der Waals surface area contributed by atoms with E-state index in [1.165, 1.54) is 0 Å². The Balaban J connectivity index is 2.30. The maximum atomic E-state index is 11.5. The minimum absolute atomic E-state index is 0.131. The maximum absolute atomic E-state index is 11.5. The third-order valence-corrected chi connectivity index (χ3v) is 2.38. The molecule has 4 nitrogen and oxygen atoms in total. The van der Waals surface area contributed by atoms with Crippen LogP contribution in [-0.4, -0.2) is 22.8 Å². The van der Waals surface area contributed by atoms with E-state index in [0.717, 1.165) is 5.56 Å². The summed E-state index contributed by atoms with van der Waals surface area (Å²) in [4.78, 5) is 11.5. The molecule has 0 saturated heterocycles. The summed E-state index contributed by atoms with van der Waals surface area (Å²) in [6.45, 7) is 5.50. The molecule has 1 aromatic carbocycles. The van der Waals surface area contributed by atoms with Crippen molar-refractivity contribution in [2.45, 2.75) is 45.4 Å². The second-order valence-corrected chi connectivity index (χ2v) is 5.12. The molecule has 18 heavy (non-hydrogen) atoms. The highest BCUT2D eigenvalue weighted by molar-refractivity contribution is 5.67. The molecule has 1 atom stereocenters. The Bertz CT molecular complexity index is 370. The van der Waals surface area contributed by atoms with Crippen LogP contribution in [0.1, 0.15) is 32.8 Å². The van der Waals surface area contributed by atoms with Crippen LogP contribution in [0.5, 0.6) is 0 Å². The van der Waals surface area contributed by atoms with Crippen LogP contribution >= 0.6 is 0 Å². The molecule has 2 N–H and O–H groups in total. The van der Waals surface area contributed by atoms with Crippen LogP contribution in [0, 0.1) is 0 Å². The topological polar surface area (TPSA) is 58.6 Å². The Hall–Kier alpha value is -1.55. The van der Waals surface area contributed by atoms with Crippen molar-refractivity contribution in [3.05, 3.63) is 35.9 Å². The standard InChI is InChI=1S/C14H21NO3/c1-11(9-14(2,3)17)15-13(16)18-10-12-7-5-4-6-8-12/h4-8,11,17H,9-10H2,1-3H3,(H,15,16). The van der Waals surface area contributed by atoms with Gasteiger partial charge in [-0.05, 0) is 32.8 Å². The summed E-state index contributed by atoms with van der Waals surface area (Å²) in [5, 5.41) is 12.3. The highest BCUT2D eigenvalue weighted by Crippen LogP contribution is 2.10. The van der Waals surface area contributed by atoms with Crippen molar-refractivity contribution >= 4 is 6.09 Å². The van der Waals surface area contributed by atoms with E-state index in [-0.39, 0.29) is 12.6 Å². The van der Waals surface area contributed by atoms with E-state index < -0.39 is 11.7 Å². The Kier molecular flexibility index (Phi) is 5.16. The first kappa shape index (κ1) is 14.5. The fourth-order valence-corrected chi connectivity index (χ4v) is 1.77. The van der Waals surface area contributed by atoms with Crippen molar-refractivity contribution in [3.63, 3.8) is 0 Å². The van der Waals surface area contributed by atoms with E-state index in [1.807, 2.05) is 37.3 Å². The fourth-order valence-electron chi connectivity index (χ4n) is 1.77. The lowest BCUT2D eigenvalue weighted by molar-refractivity contribution is 0.0596. The number of hydrogen-bond acceptors (Lipinski definition) is 3. The molecule has 0 fully saturated rings. The van der Waals surface area contributed by atoms with Crippen LogP contribution in [0.3, 0.4) is 0 Å². The van der Waals surface area contributed by atoms with Crippen molar-refractivity contribution < 1.29 is 14.6 Å². The Labute approximate surface area is 108 Å². The van der Waals surface area contributed by atoms with Gasteiger partial charge < -0.3 is 15.2 Å². The van der Waals surface area contributed by atoms with Gasteiger partial charge in [-0.15, -0.1) is 0 Å². The smallest absolute Gasteiger partial charge is 0.407 e. The average Bonchev–Trinajstić information content (AvgIpc) is 2.25. The van der Waals surface area contributed by atoms with Gasteiger partial charge >= 0.3 is 6.09 Å². The van der Waals surface area contributed by atoms with Crippen LogP contribution in [0.2, 0.25) is 0 Å². The highest BCUT2D eigenvalue weighted by Gasteiger charge is 2.18. The second-order valence-electron chi connectivity index (χ2n) is 5.12. The van der Waals surface area contributed by atoms with Gasteiger partial charge in [0, 0.05) is 6.04 Å². The van der Waals surface area contributed by atoms with E-state index in [2.05, 4.69) is 5.32 Å². The predicted octanol–water partition coefficient (Wildman–Crippen LogP) is 2.46. The molecule has 0 aliphatic rings. The van der Waals surface area contributed by atoms with E-state index in [9.17, 15) is 9.90 Å². The summed E-state index contributed by atoms with van der Waals surface area (Å²) >= 11 is 0. The summed E-state index contributed by atoms with van der Waals surface area (Å²) in [6, 6.07) is 9.37. The first-order valence-corrected chi connectivity index (χ1v) is 6.06. The first-order valence-electron chi connectivity index (χ1n) is 6.06. The third-order valence-electron chi connectivity index (χ3n) is 2.38. The molecular formula is C14H21NO3. The van der Waals surface area contributed by atoms with Crippen molar-refractivity contribution in [1.29, 1.82) is 0 Å². The quantitative estimate of drug-likeness (QED) is 0.845. The van der Waals surface area contributed by atoms with Crippen molar-refractivity contribution in [1.82, 2.24) is 5.32 Å². The van der Waals surface area contributed by atoms with Gasteiger partial charge in [0.25, 0.3) is 0 Å². The van der Waals surface area contributed by atoms with E-state index in [4.69, 9.17) is 4.74 Å². The van der Waals surface area contributed by atoms with Crippen LogP contribution in [-0.2, 0) is 11.3 Å². The van der Waals surface area contributed by atoms with Gasteiger partial charge in [0.05, 0.1) is 5.60 Å². The zero-order chi connectivity index (χ0) is 13.6. The van der Waals surface area contributed by atoms with E-state index in [0.29, 0.717) is 6.42 Å². The van der Waals surface area contributed by atoms with Gasteiger partial charge in [0.15, 0.2) is 0 Å². The molecule has 0 saturated carbocycles. The number of carbonyl (C=O) groups excluding carboxylic acids is 1. The van der Waals surface area contributed by atoms with Crippen LogP contribution in [0.25, 0.3) is 0 Å². The normalized spacial score (nSPS) is 12.9. The number of aliphatic hydroxyl groups is 1. The van der Waals surface area contributed by atoms with Crippen LogP contribution in [0.4, 0.5) is 4.79 Å². The molecule has 1 unspecified atom stereocenters. The number of benzene rings is 1. The van der Waals surface area contributed by atoms with E-state index >= 15 is 0 Å². The van der Waals surface area contributed by atoms with Gasteiger partial charge in [0.1, 0.15) is 6.61 Å². The van der Waals surface area contributed by atoms with Gasteiger partial charge in [-0.1, -0.05) is 30.3 Å². The molecule has 1 amide bonds. The Morgan fingerprint density at radius 2 is 2.00 bits per heavy atom. The van der Waals surface area contributed by atoms with Crippen molar-refractivity contribution in [3.8, 4) is 0 Å². The van der Waals surface area contributed by atoms with Gasteiger partial charge in [0.2, 0.25) is 0 Å². The molecule has 1 aromatic rings. The molecule has 0 radical (unpaired) electrons. The number of ether oxygens (including phenoxy) is 1. The number of amides is 1. The minimum Gasteiger partial charge on any atom is -0.445 e. The highest BCUT2D eigenvalue weighted by atomic mass is 16.5. The summed E-state index contributed by atoms with van der Waals surface area (Å²) in [7, 11) is 0. The Morgan fingerprint density at radius 1 is 1.39 bits per heavy atom. The van der Waals surface area contributed by atoms with Crippen molar-refractivity contribution in [2.75, 3.05) is 0 Å². The molecular weight excluding hydrogens is 230 g/mol. The van der Waals surface area contributed by atoms with Gasteiger partial charge in [-0.3, -0.25) is 0 Å². The number of alkyl carbamates (subject to hydrolysis) is 1. The van der Waals surface area contributed by atoms with E-state index in [1.54, 1.807) is 13.8 Å². The molecule has 0 spiro atoms. The summed E-state index contributed by atoms with van der Waals surface area (Å²) in [5.74, 6) is 0. The first-order chi connectivity index (χ1) is 8.37. The van der Waals surface area contributed by atoms with Gasteiger partial charge in [-0.25, -0.2) is 4.79 Å². The lowest BCUT2D eigenvalue weighted by Crippen LogP contribution is -2.38. The Morgan fingerprint density at radius 3 is 2.56 bits per heavy atom.